The minimum atomic E-state index is 0.690. The van der Waals surface area contributed by atoms with Crippen molar-refractivity contribution < 1.29 is 0 Å². The highest BCUT2D eigenvalue weighted by molar-refractivity contribution is 6.09. The average molecular weight is 430 g/mol. The van der Waals surface area contributed by atoms with Crippen LogP contribution in [-0.2, 0) is 13.1 Å². The van der Waals surface area contributed by atoms with Crippen LogP contribution in [0, 0.1) is 0 Å². The Bertz CT molecular complexity index is 1430. The SMILES string of the molecule is C=Cc1ccc(CN(N=Cc2ccc3c(c2)c2ccccc2n3CC)c2ccccc2)cc1. The first kappa shape index (κ1) is 20.8. The van der Waals surface area contributed by atoms with Gasteiger partial charge in [0, 0.05) is 28.4 Å². The van der Waals surface area contributed by atoms with Crippen molar-refractivity contribution in [2.24, 2.45) is 5.10 Å². The van der Waals surface area contributed by atoms with E-state index in [1.54, 1.807) is 0 Å². The number of hydrogen-bond acceptors (Lipinski definition) is 2. The van der Waals surface area contributed by atoms with Crippen molar-refractivity contribution in [3.05, 3.63) is 120 Å². The van der Waals surface area contributed by atoms with Gasteiger partial charge in [0.2, 0.25) is 0 Å². The Kier molecular flexibility index (Phi) is 5.77. The largest absolute Gasteiger partial charge is 0.341 e. The van der Waals surface area contributed by atoms with Crippen LogP contribution in [0.4, 0.5) is 5.69 Å². The van der Waals surface area contributed by atoms with E-state index in [1.165, 1.54) is 27.4 Å². The maximum Gasteiger partial charge on any atom is 0.0666 e. The van der Waals surface area contributed by atoms with Crippen molar-refractivity contribution in [1.29, 1.82) is 0 Å². The van der Waals surface area contributed by atoms with E-state index in [-0.39, 0.29) is 0 Å². The number of para-hydroxylation sites is 2. The number of rotatable bonds is 7. The molecule has 0 aliphatic heterocycles. The highest BCUT2D eigenvalue weighted by Crippen LogP contribution is 2.29. The molecule has 5 rings (SSSR count). The maximum absolute atomic E-state index is 4.90. The molecular weight excluding hydrogens is 402 g/mol. The molecule has 0 aliphatic rings. The predicted molar refractivity (Wildman–Crippen MR) is 142 cm³/mol. The first-order chi connectivity index (χ1) is 16.3. The average Bonchev–Trinajstić information content (AvgIpc) is 3.20. The van der Waals surface area contributed by atoms with Crippen molar-refractivity contribution in [2.75, 3.05) is 5.01 Å². The molecule has 0 bridgehead atoms. The molecule has 0 atom stereocenters. The summed E-state index contributed by atoms with van der Waals surface area (Å²) in [6.07, 6.45) is 3.82. The molecular formula is C30H27N3. The number of nitrogens with zero attached hydrogens (tertiary/aromatic N) is 3. The number of aromatic nitrogens is 1. The maximum atomic E-state index is 4.90. The van der Waals surface area contributed by atoms with Gasteiger partial charge in [-0.25, -0.2) is 0 Å². The van der Waals surface area contributed by atoms with E-state index in [2.05, 4.69) is 96.9 Å². The minimum Gasteiger partial charge on any atom is -0.341 e. The van der Waals surface area contributed by atoms with Gasteiger partial charge in [-0.3, -0.25) is 5.01 Å². The number of hydrogen-bond donors (Lipinski definition) is 0. The molecule has 0 aliphatic carbocycles. The molecule has 162 valence electrons. The van der Waals surface area contributed by atoms with E-state index in [0.717, 1.165) is 23.4 Å². The third-order valence-corrected chi connectivity index (χ3v) is 6.06. The van der Waals surface area contributed by atoms with Gasteiger partial charge in [-0.05, 0) is 53.9 Å². The third-order valence-electron chi connectivity index (χ3n) is 6.06. The van der Waals surface area contributed by atoms with Crippen LogP contribution in [0.5, 0.6) is 0 Å². The van der Waals surface area contributed by atoms with Crippen LogP contribution < -0.4 is 5.01 Å². The van der Waals surface area contributed by atoms with Gasteiger partial charge in [-0.2, -0.15) is 5.10 Å². The monoisotopic (exact) mass is 429 g/mol. The lowest BCUT2D eigenvalue weighted by Crippen LogP contribution is -2.16. The molecule has 0 amide bonds. The zero-order valence-corrected chi connectivity index (χ0v) is 18.9. The lowest BCUT2D eigenvalue weighted by atomic mass is 10.1. The Morgan fingerprint density at radius 2 is 1.48 bits per heavy atom. The molecule has 4 aromatic carbocycles. The van der Waals surface area contributed by atoms with Crippen LogP contribution in [0.1, 0.15) is 23.6 Å². The summed E-state index contributed by atoms with van der Waals surface area (Å²) in [5.74, 6) is 0. The predicted octanol–water partition coefficient (Wildman–Crippen LogP) is 7.50. The quantitative estimate of drug-likeness (QED) is 0.194. The summed E-state index contributed by atoms with van der Waals surface area (Å²) < 4.78 is 2.37. The summed E-state index contributed by atoms with van der Waals surface area (Å²) in [4.78, 5) is 0. The van der Waals surface area contributed by atoms with Crippen molar-refractivity contribution in [2.45, 2.75) is 20.0 Å². The van der Waals surface area contributed by atoms with Crippen molar-refractivity contribution >= 4 is 39.8 Å². The van der Waals surface area contributed by atoms with Gasteiger partial charge in [0.1, 0.15) is 0 Å². The Balaban J connectivity index is 1.50. The molecule has 0 radical (unpaired) electrons. The second-order valence-corrected chi connectivity index (χ2v) is 8.12. The molecule has 0 spiro atoms. The second-order valence-electron chi connectivity index (χ2n) is 8.12. The Hall–Kier alpha value is -4.11. The lowest BCUT2D eigenvalue weighted by molar-refractivity contribution is 0.827. The molecule has 1 heterocycles. The van der Waals surface area contributed by atoms with E-state index >= 15 is 0 Å². The number of benzene rings is 4. The normalized spacial score (nSPS) is 11.4. The Morgan fingerprint density at radius 1 is 0.788 bits per heavy atom. The number of anilines is 1. The first-order valence-electron chi connectivity index (χ1n) is 11.4. The lowest BCUT2D eigenvalue weighted by Gasteiger charge is -2.19. The molecule has 0 N–H and O–H groups in total. The smallest absolute Gasteiger partial charge is 0.0666 e. The van der Waals surface area contributed by atoms with E-state index in [9.17, 15) is 0 Å². The summed E-state index contributed by atoms with van der Waals surface area (Å²) >= 11 is 0. The van der Waals surface area contributed by atoms with Crippen LogP contribution in [0.25, 0.3) is 27.9 Å². The van der Waals surface area contributed by atoms with Gasteiger partial charge in [0.15, 0.2) is 0 Å². The molecule has 1 aromatic heterocycles. The van der Waals surface area contributed by atoms with Crippen molar-refractivity contribution in [3.8, 4) is 0 Å². The standard InChI is InChI=1S/C30H27N3/c1-3-23-14-16-24(17-15-23)22-33(26-10-6-5-7-11-26)31-21-25-18-19-30-28(20-25)27-12-8-9-13-29(27)32(30)4-2/h3,5-21H,1,4,22H2,2H3. The van der Waals surface area contributed by atoms with E-state index in [4.69, 9.17) is 5.10 Å². The zero-order chi connectivity index (χ0) is 22.6. The minimum absolute atomic E-state index is 0.690. The molecule has 3 heteroatoms. The van der Waals surface area contributed by atoms with Gasteiger partial charge in [0.05, 0.1) is 18.4 Å². The van der Waals surface area contributed by atoms with Gasteiger partial charge >= 0.3 is 0 Å². The number of fused-ring (bicyclic) bond motifs is 3. The highest BCUT2D eigenvalue weighted by Gasteiger charge is 2.10. The van der Waals surface area contributed by atoms with Crippen LogP contribution in [0.15, 0.2) is 109 Å². The second kappa shape index (κ2) is 9.17. The molecule has 0 unspecified atom stereocenters. The first-order valence-corrected chi connectivity index (χ1v) is 11.4. The zero-order valence-electron chi connectivity index (χ0n) is 18.9. The van der Waals surface area contributed by atoms with Gasteiger partial charge in [-0.1, -0.05) is 79.4 Å². The molecule has 33 heavy (non-hydrogen) atoms. The third kappa shape index (κ3) is 4.18. The van der Waals surface area contributed by atoms with E-state index in [0.29, 0.717) is 6.54 Å². The van der Waals surface area contributed by atoms with E-state index in [1.807, 2.05) is 35.5 Å². The number of aryl methyl sites for hydroxylation is 1. The van der Waals surface area contributed by atoms with E-state index < -0.39 is 0 Å². The van der Waals surface area contributed by atoms with Crippen molar-refractivity contribution in [3.63, 3.8) is 0 Å². The summed E-state index contributed by atoms with van der Waals surface area (Å²) in [6, 6.07) is 34.0. The summed E-state index contributed by atoms with van der Waals surface area (Å²) in [5, 5.41) is 9.49. The van der Waals surface area contributed by atoms with Crippen molar-refractivity contribution in [1.82, 2.24) is 4.57 Å². The Labute approximate surface area is 194 Å². The van der Waals surface area contributed by atoms with Crippen LogP contribution >= 0.6 is 0 Å². The highest BCUT2D eigenvalue weighted by atomic mass is 15.4. The summed E-state index contributed by atoms with van der Waals surface area (Å²) in [7, 11) is 0. The van der Waals surface area contributed by atoms with Gasteiger partial charge in [-0.15, -0.1) is 0 Å². The molecule has 3 nitrogen and oxygen atoms in total. The van der Waals surface area contributed by atoms with Gasteiger partial charge in [0.25, 0.3) is 0 Å². The van der Waals surface area contributed by atoms with Crippen LogP contribution in [0.2, 0.25) is 0 Å². The summed E-state index contributed by atoms with van der Waals surface area (Å²) in [6.45, 7) is 7.68. The topological polar surface area (TPSA) is 20.5 Å². The fourth-order valence-electron chi connectivity index (χ4n) is 4.36. The fraction of sp³-hybridized carbons (Fsp3) is 0.100. The molecule has 0 fully saturated rings. The van der Waals surface area contributed by atoms with Crippen LogP contribution in [0.3, 0.4) is 0 Å². The Morgan fingerprint density at radius 3 is 2.24 bits per heavy atom. The number of hydrazone groups is 1. The summed E-state index contributed by atoms with van der Waals surface area (Å²) in [5.41, 5.74) is 7.00. The molecule has 5 aromatic rings. The fourth-order valence-corrected chi connectivity index (χ4v) is 4.36. The van der Waals surface area contributed by atoms with Crippen LogP contribution in [-0.4, -0.2) is 10.8 Å². The van der Waals surface area contributed by atoms with Gasteiger partial charge < -0.3 is 4.57 Å². The molecule has 0 saturated heterocycles. The molecule has 0 saturated carbocycles.